The topological polar surface area (TPSA) is 47.3 Å². The van der Waals surface area contributed by atoms with Crippen LogP contribution in [0.1, 0.15) is 13.3 Å². The molecule has 1 aliphatic rings. The molecule has 2 unspecified atom stereocenters. The van der Waals surface area contributed by atoms with E-state index in [-0.39, 0.29) is 0 Å². The maximum atomic E-state index is 5.58. The maximum Gasteiger partial charge on any atom is 0.0623 e. The maximum absolute atomic E-state index is 5.58. The van der Waals surface area contributed by atoms with Crippen molar-refractivity contribution in [3.63, 3.8) is 0 Å². The van der Waals surface area contributed by atoms with Crippen LogP contribution in [0.2, 0.25) is 0 Å². The molecule has 0 aromatic heterocycles. The highest BCUT2D eigenvalue weighted by Gasteiger charge is 2.25. The molecule has 3 N–H and O–H groups in total. The number of rotatable bonds is 4. The Balaban J connectivity index is 2.20. The lowest BCUT2D eigenvalue weighted by molar-refractivity contribution is 0.183. The largest absolute Gasteiger partial charge is 0.379 e. The van der Waals surface area contributed by atoms with Gasteiger partial charge >= 0.3 is 0 Å². The van der Waals surface area contributed by atoms with Crippen molar-refractivity contribution in [1.29, 1.82) is 0 Å². The minimum Gasteiger partial charge on any atom is -0.379 e. The molecule has 3 nitrogen and oxygen atoms in total. The Labute approximate surface area is 68.3 Å². The Bertz CT molecular complexity index is 108. The zero-order valence-electron chi connectivity index (χ0n) is 7.18. The monoisotopic (exact) mass is 158 g/mol. The smallest absolute Gasteiger partial charge is 0.0623 e. The Kier molecular flexibility index (Phi) is 3.83. The molecule has 0 aromatic rings. The molecule has 2 atom stereocenters. The summed E-state index contributed by atoms with van der Waals surface area (Å²) < 4.78 is 5.32. The number of hydrogen-bond acceptors (Lipinski definition) is 3. The quantitative estimate of drug-likeness (QED) is 0.603. The number of ether oxygens (including phenoxy) is 1. The Morgan fingerprint density at radius 3 is 3.00 bits per heavy atom. The standard InChI is InChI=1S/C8H18N2O/c1-2-3-10-8-6-11-5-7(8)4-9/h7-8,10H,2-6,9H2,1H3. The average Bonchev–Trinajstić information content (AvgIpc) is 2.47. The van der Waals surface area contributed by atoms with Crippen LogP contribution in [0.4, 0.5) is 0 Å². The summed E-state index contributed by atoms with van der Waals surface area (Å²) in [6, 6.07) is 0.500. The average molecular weight is 158 g/mol. The summed E-state index contributed by atoms with van der Waals surface area (Å²) in [5.74, 6) is 0.529. The molecular formula is C8H18N2O. The van der Waals surface area contributed by atoms with Crippen LogP contribution < -0.4 is 11.1 Å². The molecule has 1 rings (SSSR count). The van der Waals surface area contributed by atoms with E-state index >= 15 is 0 Å². The molecule has 1 saturated heterocycles. The summed E-state index contributed by atoms with van der Waals surface area (Å²) in [5, 5.41) is 3.43. The van der Waals surface area contributed by atoms with Crippen molar-refractivity contribution in [2.24, 2.45) is 11.7 Å². The second kappa shape index (κ2) is 4.70. The first-order valence-electron chi connectivity index (χ1n) is 4.39. The van der Waals surface area contributed by atoms with E-state index in [0.29, 0.717) is 12.0 Å². The molecule has 0 saturated carbocycles. The van der Waals surface area contributed by atoms with E-state index < -0.39 is 0 Å². The van der Waals surface area contributed by atoms with Gasteiger partial charge in [0.15, 0.2) is 0 Å². The molecule has 0 bridgehead atoms. The van der Waals surface area contributed by atoms with Gasteiger partial charge in [-0.25, -0.2) is 0 Å². The molecule has 0 aromatic carbocycles. The van der Waals surface area contributed by atoms with Gasteiger partial charge in [0.1, 0.15) is 0 Å². The SMILES string of the molecule is CCCNC1COCC1CN. The summed E-state index contributed by atoms with van der Waals surface area (Å²) in [6.07, 6.45) is 1.17. The third kappa shape index (κ3) is 2.43. The Morgan fingerprint density at radius 2 is 2.36 bits per heavy atom. The highest BCUT2D eigenvalue weighted by Crippen LogP contribution is 2.11. The lowest BCUT2D eigenvalue weighted by Gasteiger charge is -2.16. The minimum atomic E-state index is 0.500. The third-order valence-corrected chi connectivity index (χ3v) is 2.16. The van der Waals surface area contributed by atoms with Crippen LogP contribution in [-0.2, 0) is 4.74 Å². The normalized spacial score (nSPS) is 31.1. The predicted octanol–water partition coefficient (Wildman–Crippen LogP) is -0.0403. The van der Waals surface area contributed by atoms with Crippen LogP contribution in [0.5, 0.6) is 0 Å². The van der Waals surface area contributed by atoms with Crippen LogP contribution in [0.15, 0.2) is 0 Å². The number of nitrogens with two attached hydrogens (primary N) is 1. The minimum absolute atomic E-state index is 0.500. The Hall–Kier alpha value is -0.120. The van der Waals surface area contributed by atoms with Gasteiger partial charge in [-0.2, -0.15) is 0 Å². The number of hydrogen-bond donors (Lipinski definition) is 2. The van der Waals surface area contributed by atoms with E-state index in [0.717, 1.165) is 26.3 Å². The van der Waals surface area contributed by atoms with Crippen molar-refractivity contribution in [2.45, 2.75) is 19.4 Å². The molecule has 11 heavy (non-hydrogen) atoms. The summed E-state index contributed by atoms with van der Waals surface area (Å²) in [4.78, 5) is 0. The van der Waals surface area contributed by atoms with Crippen molar-refractivity contribution in [2.75, 3.05) is 26.3 Å². The van der Waals surface area contributed by atoms with E-state index in [2.05, 4.69) is 12.2 Å². The van der Waals surface area contributed by atoms with Gasteiger partial charge in [0.2, 0.25) is 0 Å². The fourth-order valence-electron chi connectivity index (χ4n) is 1.39. The van der Waals surface area contributed by atoms with Gasteiger partial charge in [0.05, 0.1) is 13.2 Å². The second-order valence-corrected chi connectivity index (χ2v) is 3.09. The van der Waals surface area contributed by atoms with Crippen LogP contribution in [-0.4, -0.2) is 32.3 Å². The van der Waals surface area contributed by atoms with E-state index in [1.54, 1.807) is 0 Å². The van der Waals surface area contributed by atoms with Crippen molar-refractivity contribution >= 4 is 0 Å². The first-order chi connectivity index (χ1) is 5.38. The highest BCUT2D eigenvalue weighted by molar-refractivity contribution is 4.81. The lowest BCUT2D eigenvalue weighted by Crippen LogP contribution is -2.39. The fourth-order valence-corrected chi connectivity index (χ4v) is 1.39. The molecule has 3 heteroatoms. The van der Waals surface area contributed by atoms with Crippen LogP contribution >= 0.6 is 0 Å². The van der Waals surface area contributed by atoms with E-state index in [1.165, 1.54) is 6.42 Å². The first-order valence-corrected chi connectivity index (χ1v) is 4.39. The van der Waals surface area contributed by atoms with Gasteiger partial charge in [-0.1, -0.05) is 6.92 Å². The van der Waals surface area contributed by atoms with Crippen LogP contribution in [0.3, 0.4) is 0 Å². The lowest BCUT2D eigenvalue weighted by atomic mass is 10.0. The van der Waals surface area contributed by atoms with Gasteiger partial charge in [-0.15, -0.1) is 0 Å². The van der Waals surface area contributed by atoms with Crippen molar-refractivity contribution in [1.82, 2.24) is 5.32 Å². The molecule has 0 aliphatic carbocycles. The highest BCUT2D eigenvalue weighted by atomic mass is 16.5. The zero-order chi connectivity index (χ0) is 8.10. The van der Waals surface area contributed by atoms with Gasteiger partial charge in [-0.05, 0) is 19.5 Å². The molecule has 1 fully saturated rings. The predicted molar refractivity (Wildman–Crippen MR) is 45.4 cm³/mol. The van der Waals surface area contributed by atoms with Gasteiger partial charge < -0.3 is 15.8 Å². The van der Waals surface area contributed by atoms with Crippen molar-refractivity contribution in [3.8, 4) is 0 Å². The molecule has 0 radical (unpaired) electrons. The molecular weight excluding hydrogens is 140 g/mol. The van der Waals surface area contributed by atoms with E-state index in [4.69, 9.17) is 10.5 Å². The molecule has 1 aliphatic heterocycles. The summed E-state index contributed by atoms with van der Waals surface area (Å²) in [5.41, 5.74) is 5.58. The zero-order valence-corrected chi connectivity index (χ0v) is 7.18. The second-order valence-electron chi connectivity index (χ2n) is 3.09. The van der Waals surface area contributed by atoms with E-state index in [1.807, 2.05) is 0 Å². The molecule has 66 valence electrons. The Morgan fingerprint density at radius 1 is 1.55 bits per heavy atom. The third-order valence-electron chi connectivity index (χ3n) is 2.16. The first kappa shape index (κ1) is 8.97. The van der Waals surface area contributed by atoms with Crippen molar-refractivity contribution < 1.29 is 4.74 Å². The van der Waals surface area contributed by atoms with Crippen molar-refractivity contribution in [3.05, 3.63) is 0 Å². The van der Waals surface area contributed by atoms with Gasteiger partial charge in [0.25, 0.3) is 0 Å². The van der Waals surface area contributed by atoms with Crippen LogP contribution in [0, 0.1) is 5.92 Å². The van der Waals surface area contributed by atoms with E-state index in [9.17, 15) is 0 Å². The number of nitrogens with one attached hydrogen (secondary N) is 1. The molecule has 0 spiro atoms. The van der Waals surface area contributed by atoms with Crippen LogP contribution in [0.25, 0.3) is 0 Å². The fraction of sp³-hybridized carbons (Fsp3) is 1.00. The summed E-state index contributed by atoms with van der Waals surface area (Å²) in [7, 11) is 0. The van der Waals surface area contributed by atoms with Gasteiger partial charge in [0, 0.05) is 12.0 Å². The van der Waals surface area contributed by atoms with Gasteiger partial charge in [-0.3, -0.25) is 0 Å². The molecule has 1 heterocycles. The summed E-state index contributed by atoms with van der Waals surface area (Å²) >= 11 is 0. The summed E-state index contributed by atoms with van der Waals surface area (Å²) in [6.45, 7) is 5.64. The molecule has 0 amide bonds.